The van der Waals surface area contributed by atoms with Crippen LogP contribution < -0.4 is 4.90 Å². The smallest absolute Gasteiger partial charge is 0.310 e. The number of halogens is 1. The number of nitrogens with zero attached hydrogens (tertiary/aromatic N) is 2. The molecule has 1 aromatic carbocycles. The van der Waals surface area contributed by atoms with Gasteiger partial charge in [0, 0.05) is 61.9 Å². The summed E-state index contributed by atoms with van der Waals surface area (Å²) in [4.78, 5) is 17.7. The van der Waals surface area contributed by atoms with E-state index in [9.17, 15) is 9.90 Å². The van der Waals surface area contributed by atoms with Crippen molar-refractivity contribution >= 4 is 23.3 Å². The van der Waals surface area contributed by atoms with Crippen molar-refractivity contribution in [2.24, 2.45) is 17.3 Å². The van der Waals surface area contributed by atoms with Crippen LogP contribution in [0.5, 0.6) is 0 Å². The van der Waals surface area contributed by atoms with Crippen LogP contribution in [0.15, 0.2) is 24.3 Å². The lowest BCUT2D eigenvalue weighted by molar-refractivity contribution is -0.270. The van der Waals surface area contributed by atoms with Crippen molar-refractivity contribution in [3.8, 4) is 0 Å². The summed E-state index contributed by atoms with van der Waals surface area (Å²) in [6, 6.07) is 7.98. The van der Waals surface area contributed by atoms with Crippen LogP contribution in [0.1, 0.15) is 46.0 Å². The number of aliphatic hydroxyl groups is 1. The molecule has 2 saturated heterocycles. The number of anilines is 1. The zero-order chi connectivity index (χ0) is 23.4. The Kier molecular flexibility index (Phi) is 5.96. The van der Waals surface area contributed by atoms with E-state index in [4.69, 9.17) is 21.1 Å². The molecule has 1 aromatic rings. The molecule has 5 rings (SSSR count). The van der Waals surface area contributed by atoms with Crippen LogP contribution >= 0.6 is 11.6 Å². The second kappa shape index (κ2) is 8.40. The first-order chi connectivity index (χ1) is 15.7. The van der Waals surface area contributed by atoms with Crippen LogP contribution in [0.4, 0.5) is 5.69 Å². The quantitative estimate of drug-likeness (QED) is 0.668. The Balaban J connectivity index is 1.28. The lowest BCUT2D eigenvalue weighted by atomic mass is 9.49. The third-order valence-electron chi connectivity index (χ3n) is 9.45. The van der Waals surface area contributed by atoms with Crippen molar-refractivity contribution in [3.63, 3.8) is 0 Å². The van der Waals surface area contributed by atoms with E-state index in [1.165, 1.54) is 0 Å². The second-order valence-corrected chi connectivity index (χ2v) is 11.6. The zero-order valence-electron chi connectivity index (χ0n) is 20.1. The number of methoxy groups -OCH3 is 1. The highest BCUT2D eigenvalue weighted by atomic mass is 35.5. The average Bonchev–Trinajstić information content (AvgIpc) is 3.07. The van der Waals surface area contributed by atoms with E-state index in [1.54, 1.807) is 7.11 Å². The molecule has 2 heterocycles. The van der Waals surface area contributed by atoms with Crippen molar-refractivity contribution in [1.29, 1.82) is 0 Å². The van der Waals surface area contributed by atoms with Gasteiger partial charge in [-0.2, -0.15) is 0 Å². The summed E-state index contributed by atoms with van der Waals surface area (Å²) in [6.07, 6.45) is 4.00. The minimum Gasteiger partial charge on any atom is -0.462 e. The molecule has 2 aliphatic carbocycles. The fourth-order valence-corrected chi connectivity index (χ4v) is 7.42. The second-order valence-electron chi connectivity index (χ2n) is 11.1. The molecule has 2 aliphatic heterocycles. The van der Waals surface area contributed by atoms with Crippen LogP contribution in [0.25, 0.3) is 0 Å². The predicted molar refractivity (Wildman–Crippen MR) is 129 cm³/mol. The van der Waals surface area contributed by atoms with E-state index in [1.807, 2.05) is 25.1 Å². The Labute approximate surface area is 202 Å². The summed E-state index contributed by atoms with van der Waals surface area (Å²) in [6.45, 7) is 8.50. The summed E-state index contributed by atoms with van der Waals surface area (Å²) < 4.78 is 11.9. The van der Waals surface area contributed by atoms with Gasteiger partial charge in [0.1, 0.15) is 6.10 Å². The Morgan fingerprint density at radius 3 is 2.64 bits per heavy atom. The normalized spacial score (nSPS) is 41.4. The van der Waals surface area contributed by atoms with E-state index in [-0.39, 0.29) is 29.3 Å². The molecule has 0 spiro atoms. The van der Waals surface area contributed by atoms with Gasteiger partial charge in [-0.3, -0.25) is 9.69 Å². The largest absolute Gasteiger partial charge is 0.462 e. The van der Waals surface area contributed by atoms with E-state index in [0.717, 1.165) is 62.6 Å². The molecule has 6 nitrogen and oxygen atoms in total. The third-order valence-corrected chi connectivity index (χ3v) is 9.69. The van der Waals surface area contributed by atoms with Gasteiger partial charge < -0.3 is 19.5 Å². The first-order valence-electron chi connectivity index (χ1n) is 12.4. The molecule has 0 unspecified atom stereocenters. The Hall–Kier alpha value is -1.34. The first kappa shape index (κ1) is 23.4. The van der Waals surface area contributed by atoms with Gasteiger partial charge in [-0.25, -0.2) is 0 Å². The van der Waals surface area contributed by atoms with Gasteiger partial charge in [0.25, 0.3) is 0 Å². The number of carbonyl (C=O) groups excluding carboxylic acids is 1. The van der Waals surface area contributed by atoms with Gasteiger partial charge in [-0.05, 0) is 57.2 Å². The molecule has 0 amide bonds. The maximum Gasteiger partial charge on any atom is 0.310 e. The lowest BCUT2D eigenvalue weighted by Crippen LogP contribution is -2.69. The number of fused-ring (bicyclic) bond motifs is 2. The van der Waals surface area contributed by atoms with E-state index >= 15 is 0 Å². The third kappa shape index (κ3) is 3.78. The summed E-state index contributed by atoms with van der Waals surface area (Å²) >= 11 is 6.17. The molecule has 4 aliphatic rings. The fourth-order valence-electron chi connectivity index (χ4n) is 7.23. The lowest BCUT2D eigenvalue weighted by Gasteiger charge is -2.62. The van der Waals surface area contributed by atoms with Crippen molar-refractivity contribution in [3.05, 3.63) is 29.3 Å². The van der Waals surface area contributed by atoms with Crippen LogP contribution in [-0.4, -0.2) is 73.1 Å². The molecule has 1 N–H and O–H groups in total. The van der Waals surface area contributed by atoms with E-state index in [0.29, 0.717) is 13.0 Å². The molecule has 33 heavy (non-hydrogen) atoms. The molecule has 7 heteroatoms. The van der Waals surface area contributed by atoms with Crippen molar-refractivity contribution in [2.45, 2.75) is 63.3 Å². The summed E-state index contributed by atoms with van der Waals surface area (Å²) in [5.74, 6) is -0.245. The predicted octanol–water partition coefficient (Wildman–Crippen LogP) is 3.74. The van der Waals surface area contributed by atoms with Gasteiger partial charge >= 0.3 is 5.97 Å². The highest BCUT2D eigenvalue weighted by Crippen LogP contribution is 2.61. The minimum absolute atomic E-state index is 0.0362. The molecular weight excluding hydrogens is 440 g/mol. The molecule has 0 bridgehead atoms. The van der Waals surface area contributed by atoms with Crippen molar-refractivity contribution in [2.75, 3.05) is 44.7 Å². The Morgan fingerprint density at radius 1 is 1.18 bits per heavy atom. The van der Waals surface area contributed by atoms with E-state index in [2.05, 4.69) is 22.8 Å². The van der Waals surface area contributed by atoms with Gasteiger partial charge in [-0.1, -0.05) is 24.6 Å². The van der Waals surface area contributed by atoms with Crippen LogP contribution in [0.2, 0.25) is 5.02 Å². The number of carbonyl (C=O) groups is 1. The first-order valence-corrected chi connectivity index (χ1v) is 12.8. The number of benzene rings is 1. The number of rotatable bonds is 4. The number of piperazine rings is 1. The monoisotopic (exact) mass is 476 g/mol. The van der Waals surface area contributed by atoms with Crippen LogP contribution in [-0.2, 0) is 14.3 Å². The molecule has 4 fully saturated rings. The molecule has 0 radical (unpaired) electrons. The highest BCUT2D eigenvalue weighted by molar-refractivity contribution is 6.30. The van der Waals surface area contributed by atoms with Gasteiger partial charge in [-0.15, -0.1) is 0 Å². The van der Waals surface area contributed by atoms with Crippen molar-refractivity contribution in [1.82, 2.24) is 4.90 Å². The summed E-state index contributed by atoms with van der Waals surface area (Å²) in [7, 11) is 1.71. The summed E-state index contributed by atoms with van der Waals surface area (Å²) in [5, 5.41) is 12.8. The van der Waals surface area contributed by atoms with Crippen molar-refractivity contribution < 1.29 is 19.4 Å². The average molecular weight is 477 g/mol. The number of hydrogen-bond acceptors (Lipinski definition) is 6. The maximum atomic E-state index is 13.0. The Bertz CT molecular complexity index is 906. The standard InChI is InChI=1S/C26H37ClN2O4/c1-24-8-5-9-25(2,32-3)26(24,31)15-20-21(23(30)33-22(20)16-24)17-28-10-12-29(13-11-28)19-7-4-6-18(27)14-19/h4,6-7,14,20-22,31H,5,8-13,15-17H2,1-3H3/t20-,21+,22+,24+,25+,26+/m0/s1. The molecule has 6 atom stereocenters. The number of esters is 1. The molecule has 0 aromatic heterocycles. The van der Waals surface area contributed by atoms with Gasteiger partial charge in [0.05, 0.1) is 17.1 Å². The molecule has 2 saturated carbocycles. The Morgan fingerprint density at radius 2 is 1.94 bits per heavy atom. The minimum atomic E-state index is -0.953. The zero-order valence-corrected chi connectivity index (χ0v) is 20.8. The topological polar surface area (TPSA) is 62.2 Å². The fraction of sp³-hybridized carbons (Fsp3) is 0.731. The maximum absolute atomic E-state index is 13.0. The van der Waals surface area contributed by atoms with Crippen LogP contribution in [0, 0.1) is 17.3 Å². The SMILES string of the molecule is CO[C@]1(C)CCC[C@]2(C)C[C@H]3OC(=O)[C@H](CN4CCN(c5cccc(Cl)c5)CC4)[C@@H]3C[C@@]21O. The number of hydrogen-bond donors (Lipinski definition) is 1. The van der Waals surface area contributed by atoms with Gasteiger partial charge in [0.2, 0.25) is 0 Å². The van der Waals surface area contributed by atoms with Crippen LogP contribution in [0.3, 0.4) is 0 Å². The highest BCUT2D eigenvalue weighted by Gasteiger charge is 2.67. The summed E-state index contributed by atoms with van der Waals surface area (Å²) in [5.41, 5.74) is -0.697. The van der Waals surface area contributed by atoms with Gasteiger partial charge in [0.15, 0.2) is 0 Å². The molecular formula is C26H37ClN2O4. The number of ether oxygens (including phenoxy) is 2. The molecule has 182 valence electrons. The van der Waals surface area contributed by atoms with E-state index < -0.39 is 11.2 Å².